The Morgan fingerprint density at radius 2 is 2.20 bits per heavy atom. The highest BCUT2D eigenvalue weighted by molar-refractivity contribution is 7.93. The van der Waals surface area contributed by atoms with Crippen molar-refractivity contribution in [3.05, 3.63) is 24.3 Å². The van der Waals surface area contributed by atoms with Crippen LogP contribution >= 0.6 is 0 Å². The molecule has 0 amide bonds. The summed E-state index contributed by atoms with van der Waals surface area (Å²) in [6.45, 7) is 0.565. The second kappa shape index (κ2) is 3.73. The summed E-state index contributed by atoms with van der Waals surface area (Å²) in [6, 6.07) is 7.11. The maximum Gasteiger partial charge on any atom is 0.235 e. The third-order valence-electron chi connectivity index (χ3n) is 2.44. The van der Waals surface area contributed by atoms with Gasteiger partial charge in [-0.1, -0.05) is 6.07 Å². The molecule has 1 aromatic carbocycles. The normalized spacial score (nSPS) is 19.1. The average molecular weight is 227 g/mol. The van der Waals surface area contributed by atoms with Gasteiger partial charge in [0.2, 0.25) is 10.0 Å². The van der Waals surface area contributed by atoms with Crippen LogP contribution in [0.1, 0.15) is 6.42 Å². The van der Waals surface area contributed by atoms with Crippen LogP contribution in [-0.2, 0) is 10.0 Å². The summed E-state index contributed by atoms with van der Waals surface area (Å²) in [7, 11) is -1.52. The zero-order chi connectivity index (χ0) is 10.9. The van der Waals surface area contributed by atoms with Crippen LogP contribution in [0.2, 0.25) is 0 Å². The van der Waals surface area contributed by atoms with Gasteiger partial charge in [-0.2, -0.15) is 0 Å². The molecule has 1 aliphatic rings. The van der Waals surface area contributed by atoms with E-state index in [0.717, 1.165) is 0 Å². The van der Waals surface area contributed by atoms with Crippen LogP contribution in [0.5, 0.6) is 5.75 Å². The first-order valence-electron chi connectivity index (χ1n) is 4.78. The Labute approximate surface area is 89.5 Å². The molecule has 1 aromatic rings. The molecule has 0 radical (unpaired) electrons. The number of sulfonamides is 1. The number of anilines is 1. The van der Waals surface area contributed by atoms with Gasteiger partial charge in [0.15, 0.2) is 0 Å². The van der Waals surface area contributed by atoms with Crippen LogP contribution in [0.25, 0.3) is 0 Å². The summed E-state index contributed by atoms with van der Waals surface area (Å²) < 4.78 is 29.8. The molecule has 1 fully saturated rings. The number of nitrogens with zero attached hydrogens (tertiary/aromatic N) is 1. The molecule has 0 bridgehead atoms. The monoisotopic (exact) mass is 227 g/mol. The maximum atomic E-state index is 11.6. The van der Waals surface area contributed by atoms with Gasteiger partial charge >= 0.3 is 0 Å². The predicted molar refractivity (Wildman–Crippen MR) is 58.7 cm³/mol. The number of rotatable bonds is 2. The third-order valence-corrected chi connectivity index (χ3v) is 4.31. The summed E-state index contributed by atoms with van der Waals surface area (Å²) in [6.07, 6.45) is 0.694. The minimum absolute atomic E-state index is 0.240. The first-order chi connectivity index (χ1) is 7.13. The summed E-state index contributed by atoms with van der Waals surface area (Å²) in [5, 5.41) is 0. The molecule has 0 aliphatic carbocycles. The lowest BCUT2D eigenvalue weighted by atomic mass is 10.3. The molecule has 4 nitrogen and oxygen atoms in total. The molecule has 1 aliphatic heterocycles. The van der Waals surface area contributed by atoms with E-state index in [1.807, 2.05) is 0 Å². The van der Waals surface area contributed by atoms with Gasteiger partial charge in [0, 0.05) is 12.6 Å². The predicted octanol–water partition coefficient (Wildman–Crippen LogP) is 1.24. The Kier molecular flexibility index (Phi) is 2.56. The molecule has 1 heterocycles. The SMILES string of the molecule is COc1cccc(N2CCCS2(=O)=O)c1. The molecule has 0 spiro atoms. The fraction of sp³-hybridized carbons (Fsp3) is 0.400. The zero-order valence-corrected chi connectivity index (χ0v) is 9.33. The molecule has 82 valence electrons. The van der Waals surface area contributed by atoms with E-state index >= 15 is 0 Å². The standard InChI is InChI=1S/C10H13NO3S/c1-14-10-5-2-4-9(8-10)11-6-3-7-15(11,12)13/h2,4-5,8H,3,6-7H2,1H3. The topological polar surface area (TPSA) is 46.6 Å². The van der Waals surface area contributed by atoms with Crippen molar-refractivity contribution >= 4 is 15.7 Å². The van der Waals surface area contributed by atoms with Crippen LogP contribution < -0.4 is 9.04 Å². The first kappa shape index (κ1) is 10.3. The molecule has 0 atom stereocenters. The van der Waals surface area contributed by atoms with E-state index in [9.17, 15) is 8.42 Å². The minimum atomic E-state index is -3.09. The van der Waals surface area contributed by atoms with E-state index in [0.29, 0.717) is 24.4 Å². The van der Waals surface area contributed by atoms with E-state index in [4.69, 9.17) is 4.74 Å². The van der Waals surface area contributed by atoms with Crippen molar-refractivity contribution in [2.45, 2.75) is 6.42 Å². The highest BCUT2D eigenvalue weighted by Crippen LogP contribution is 2.26. The molecule has 0 saturated carbocycles. The second-order valence-corrected chi connectivity index (χ2v) is 5.46. The quantitative estimate of drug-likeness (QED) is 0.763. The zero-order valence-electron chi connectivity index (χ0n) is 8.51. The fourth-order valence-electron chi connectivity index (χ4n) is 1.70. The summed E-state index contributed by atoms with van der Waals surface area (Å²) in [5.41, 5.74) is 0.687. The number of methoxy groups -OCH3 is 1. The van der Waals surface area contributed by atoms with Crippen molar-refractivity contribution < 1.29 is 13.2 Å². The van der Waals surface area contributed by atoms with Crippen molar-refractivity contribution in [2.75, 3.05) is 23.7 Å². The van der Waals surface area contributed by atoms with Gasteiger partial charge in [0.05, 0.1) is 18.6 Å². The highest BCUT2D eigenvalue weighted by Gasteiger charge is 2.28. The Morgan fingerprint density at radius 3 is 2.80 bits per heavy atom. The molecule has 0 unspecified atom stereocenters. The Morgan fingerprint density at radius 1 is 1.40 bits per heavy atom. The van der Waals surface area contributed by atoms with Crippen LogP contribution in [0.15, 0.2) is 24.3 Å². The number of hydrogen-bond acceptors (Lipinski definition) is 3. The van der Waals surface area contributed by atoms with Crippen molar-refractivity contribution in [1.82, 2.24) is 0 Å². The van der Waals surface area contributed by atoms with Gasteiger partial charge in [-0.05, 0) is 18.6 Å². The van der Waals surface area contributed by atoms with Crippen LogP contribution in [0, 0.1) is 0 Å². The van der Waals surface area contributed by atoms with Gasteiger partial charge in [-0.3, -0.25) is 4.31 Å². The highest BCUT2D eigenvalue weighted by atomic mass is 32.2. The van der Waals surface area contributed by atoms with Crippen LogP contribution in [0.4, 0.5) is 5.69 Å². The summed E-state index contributed by atoms with van der Waals surface area (Å²) >= 11 is 0. The summed E-state index contributed by atoms with van der Waals surface area (Å²) in [4.78, 5) is 0. The van der Waals surface area contributed by atoms with Gasteiger partial charge in [0.25, 0.3) is 0 Å². The Balaban J connectivity index is 2.37. The largest absolute Gasteiger partial charge is 0.497 e. The molecular weight excluding hydrogens is 214 g/mol. The Bertz CT molecular complexity index is 455. The number of hydrogen-bond donors (Lipinski definition) is 0. The van der Waals surface area contributed by atoms with Gasteiger partial charge in [-0.15, -0.1) is 0 Å². The molecule has 0 N–H and O–H groups in total. The third kappa shape index (κ3) is 1.92. The molecule has 1 saturated heterocycles. The fourth-order valence-corrected chi connectivity index (χ4v) is 3.25. The van der Waals surface area contributed by atoms with E-state index in [2.05, 4.69) is 0 Å². The number of benzene rings is 1. The van der Waals surface area contributed by atoms with Crippen molar-refractivity contribution in [2.24, 2.45) is 0 Å². The molecule has 15 heavy (non-hydrogen) atoms. The van der Waals surface area contributed by atoms with E-state index < -0.39 is 10.0 Å². The molecule has 5 heteroatoms. The molecule has 0 aromatic heterocycles. The van der Waals surface area contributed by atoms with Crippen LogP contribution in [0.3, 0.4) is 0 Å². The first-order valence-corrected chi connectivity index (χ1v) is 6.39. The van der Waals surface area contributed by atoms with E-state index in [1.54, 1.807) is 31.4 Å². The molecular formula is C10H13NO3S. The lowest BCUT2D eigenvalue weighted by Gasteiger charge is -2.17. The van der Waals surface area contributed by atoms with Gasteiger partial charge in [0.1, 0.15) is 5.75 Å². The van der Waals surface area contributed by atoms with Gasteiger partial charge in [-0.25, -0.2) is 8.42 Å². The van der Waals surface area contributed by atoms with Crippen LogP contribution in [-0.4, -0.2) is 27.8 Å². The van der Waals surface area contributed by atoms with Crippen molar-refractivity contribution in [3.63, 3.8) is 0 Å². The van der Waals surface area contributed by atoms with Gasteiger partial charge < -0.3 is 4.74 Å². The lowest BCUT2D eigenvalue weighted by Crippen LogP contribution is -2.24. The van der Waals surface area contributed by atoms with Crippen molar-refractivity contribution in [1.29, 1.82) is 0 Å². The van der Waals surface area contributed by atoms with E-state index in [-0.39, 0.29) is 5.75 Å². The average Bonchev–Trinajstić information content (AvgIpc) is 2.58. The van der Waals surface area contributed by atoms with E-state index in [1.165, 1.54) is 4.31 Å². The molecule has 2 rings (SSSR count). The second-order valence-electron chi connectivity index (χ2n) is 3.44. The smallest absolute Gasteiger partial charge is 0.235 e. The summed E-state index contributed by atoms with van der Waals surface area (Å²) in [5.74, 6) is 0.916. The van der Waals surface area contributed by atoms with Crippen molar-refractivity contribution in [3.8, 4) is 5.75 Å². The number of ether oxygens (including phenoxy) is 1. The minimum Gasteiger partial charge on any atom is -0.497 e. The Hall–Kier alpha value is -1.23. The lowest BCUT2D eigenvalue weighted by molar-refractivity contribution is 0.415. The maximum absolute atomic E-state index is 11.6.